The standard InChI is InChI=1S/C30H35N3O6S3/c1-6-21(41-19-11-8-10-18(16-19)31-26(35)22-12-9-15-40-22)25(34)32-27-24(28(36)38-7-2)20-13-14-33(17-23(20)42-27)29(37)39-30(3,4)5/h8-12,15-16,21H,6-7,13-14,17H2,1-5H3,(H,31,35)(H,32,34). The van der Waals surface area contributed by atoms with Crippen LogP contribution in [0.25, 0.3) is 0 Å². The smallest absolute Gasteiger partial charge is 0.410 e. The lowest BCUT2D eigenvalue weighted by atomic mass is 10.0. The van der Waals surface area contributed by atoms with E-state index in [0.29, 0.717) is 40.5 Å². The highest BCUT2D eigenvalue weighted by molar-refractivity contribution is 8.00. The number of amides is 3. The van der Waals surface area contributed by atoms with E-state index < -0.39 is 22.9 Å². The van der Waals surface area contributed by atoms with Crippen molar-refractivity contribution in [2.24, 2.45) is 0 Å². The highest BCUT2D eigenvalue weighted by Crippen LogP contribution is 2.39. The van der Waals surface area contributed by atoms with Gasteiger partial charge in [0.05, 0.1) is 28.8 Å². The van der Waals surface area contributed by atoms with Crippen molar-refractivity contribution in [3.8, 4) is 0 Å². The highest BCUT2D eigenvalue weighted by Gasteiger charge is 2.33. The van der Waals surface area contributed by atoms with Gasteiger partial charge in [0.1, 0.15) is 10.6 Å². The molecule has 12 heteroatoms. The van der Waals surface area contributed by atoms with Gasteiger partial charge in [-0.2, -0.15) is 0 Å². The minimum atomic E-state index is -0.621. The Morgan fingerprint density at radius 3 is 2.55 bits per heavy atom. The topological polar surface area (TPSA) is 114 Å². The fourth-order valence-corrected chi connectivity index (χ4v) is 7.21. The number of nitrogens with zero attached hydrogens (tertiary/aromatic N) is 1. The number of ether oxygens (including phenoxy) is 2. The molecule has 1 aliphatic rings. The van der Waals surface area contributed by atoms with E-state index in [1.807, 2.05) is 57.3 Å². The first-order valence-corrected chi connectivity index (χ1v) is 16.3. The van der Waals surface area contributed by atoms with Crippen LogP contribution in [0.3, 0.4) is 0 Å². The quantitative estimate of drug-likeness (QED) is 0.193. The number of rotatable bonds is 9. The first-order chi connectivity index (χ1) is 20.0. The molecule has 9 nitrogen and oxygen atoms in total. The molecule has 3 aromatic rings. The second-order valence-electron chi connectivity index (χ2n) is 10.5. The third-order valence-electron chi connectivity index (χ3n) is 6.20. The summed E-state index contributed by atoms with van der Waals surface area (Å²) in [6.07, 6.45) is 0.570. The average molecular weight is 630 g/mol. The number of thiophene rings is 2. The van der Waals surface area contributed by atoms with Crippen molar-refractivity contribution >= 4 is 69.0 Å². The monoisotopic (exact) mass is 629 g/mol. The Morgan fingerprint density at radius 2 is 1.88 bits per heavy atom. The number of fused-ring (bicyclic) bond motifs is 1. The van der Waals surface area contributed by atoms with E-state index in [9.17, 15) is 19.2 Å². The van der Waals surface area contributed by atoms with Crippen molar-refractivity contribution in [1.29, 1.82) is 0 Å². The van der Waals surface area contributed by atoms with Crippen LogP contribution in [0.4, 0.5) is 15.5 Å². The zero-order valence-electron chi connectivity index (χ0n) is 24.3. The predicted molar refractivity (Wildman–Crippen MR) is 168 cm³/mol. The van der Waals surface area contributed by atoms with E-state index in [2.05, 4.69) is 10.6 Å². The maximum absolute atomic E-state index is 13.5. The first kappa shape index (κ1) is 31.6. The minimum Gasteiger partial charge on any atom is -0.462 e. The largest absolute Gasteiger partial charge is 0.462 e. The molecule has 3 heterocycles. The Balaban J connectivity index is 1.50. The molecule has 0 saturated heterocycles. The van der Waals surface area contributed by atoms with Gasteiger partial charge in [0, 0.05) is 22.0 Å². The lowest BCUT2D eigenvalue weighted by molar-refractivity contribution is -0.115. The number of anilines is 2. The van der Waals surface area contributed by atoms with Crippen LogP contribution in [-0.2, 0) is 27.2 Å². The summed E-state index contributed by atoms with van der Waals surface area (Å²) in [4.78, 5) is 55.6. The number of nitrogens with one attached hydrogen (secondary N) is 2. The number of carbonyl (C=O) groups is 4. The summed E-state index contributed by atoms with van der Waals surface area (Å²) in [6.45, 7) is 9.99. The zero-order valence-corrected chi connectivity index (χ0v) is 26.7. The van der Waals surface area contributed by atoms with E-state index in [1.165, 1.54) is 34.4 Å². The fraction of sp³-hybridized carbons (Fsp3) is 0.400. The van der Waals surface area contributed by atoms with Crippen LogP contribution in [0.5, 0.6) is 0 Å². The molecular formula is C30H35N3O6S3. The van der Waals surface area contributed by atoms with E-state index in [0.717, 1.165) is 15.3 Å². The molecule has 0 fully saturated rings. The Kier molecular flexibility index (Phi) is 10.3. The summed E-state index contributed by atoms with van der Waals surface area (Å²) >= 11 is 4.03. The van der Waals surface area contributed by atoms with Gasteiger partial charge in [-0.05, 0) is 75.7 Å². The van der Waals surface area contributed by atoms with Crippen molar-refractivity contribution in [2.45, 2.75) is 69.8 Å². The average Bonchev–Trinajstić information content (AvgIpc) is 3.59. The molecule has 0 spiro atoms. The molecule has 1 aromatic carbocycles. The summed E-state index contributed by atoms with van der Waals surface area (Å²) in [5, 5.41) is 7.69. The summed E-state index contributed by atoms with van der Waals surface area (Å²) in [6, 6.07) is 11.0. The minimum absolute atomic E-state index is 0.185. The third-order valence-corrected chi connectivity index (χ3v) is 9.56. The van der Waals surface area contributed by atoms with Crippen LogP contribution in [0, 0.1) is 0 Å². The molecule has 2 aromatic heterocycles. The second kappa shape index (κ2) is 13.7. The van der Waals surface area contributed by atoms with Crippen LogP contribution in [0.2, 0.25) is 0 Å². The van der Waals surface area contributed by atoms with Gasteiger partial charge in [-0.3, -0.25) is 9.59 Å². The molecule has 1 aliphatic heterocycles. The van der Waals surface area contributed by atoms with Gasteiger partial charge in [0.2, 0.25) is 5.91 Å². The Bertz CT molecular complexity index is 1440. The Hall–Kier alpha value is -3.35. The maximum atomic E-state index is 13.5. The molecule has 4 rings (SSSR count). The number of carbonyl (C=O) groups excluding carboxylic acids is 4. The Labute approximate surface area is 258 Å². The van der Waals surface area contributed by atoms with E-state index >= 15 is 0 Å². The molecule has 1 unspecified atom stereocenters. The van der Waals surface area contributed by atoms with Gasteiger partial charge in [-0.25, -0.2) is 9.59 Å². The fourth-order valence-electron chi connectivity index (χ4n) is 4.32. The van der Waals surface area contributed by atoms with Crippen molar-refractivity contribution < 1.29 is 28.7 Å². The molecule has 224 valence electrons. The summed E-state index contributed by atoms with van der Waals surface area (Å²) < 4.78 is 10.9. The summed E-state index contributed by atoms with van der Waals surface area (Å²) in [7, 11) is 0. The van der Waals surface area contributed by atoms with Crippen LogP contribution in [0.1, 0.15) is 71.5 Å². The lowest BCUT2D eigenvalue weighted by Crippen LogP contribution is -2.39. The molecule has 0 bridgehead atoms. The lowest BCUT2D eigenvalue weighted by Gasteiger charge is -2.30. The van der Waals surface area contributed by atoms with Gasteiger partial charge in [0.25, 0.3) is 5.91 Å². The molecule has 0 aliphatic carbocycles. The Morgan fingerprint density at radius 1 is 1.10 bits per heavy atom. The van der Waals surface area contributed by atoms with Crippen molar-refractivity contribution in [3.63, 3.8) is 0 Å². The number of hydrogen-bond acceptors (Lipinski definition) is 9. The molecular weight excluding hydrogens is 595 g/mol. The first-order valence-electron chi connectivity index (χ1n) is 13.7. The van der Waals surface area contributed by atoms with Crippen LogP contribution in [0.15, 0.2) is 46.7 Å². The molecule has 3 amide bonds. The molecule has 42 heavy (non-hydrogen) atoms. The van der Waals surface area contributed by atoms with Crippen LogP contribution in [-0.4, -0.2) is 52.8 Å². The van der Waals surface area contributed by atoms with Gasteiger partial charge in [-0.15, -0.1) is 34.4 Å². The van der Waals surface area contributed by atoms with Crippen LogP contribution >= 0.6 is 34.4 Å². The van der Waals surface area contributed by atoms with E-state index in [1.54, 1.807) is 24.0 Å². The maximum Gasteiger partial charge on any atom is 0.410 e. The van der Waals surface area contributed by atoms with Crippen molar-refractivity contribution in [2.75, 3.05) is 23.8 Å². The molecule has 1 atom stereocenters. The summed E-state index contributed by atoms with van der Waals surface area (Å²) in [5.41, 5.74) is 1.17. The van der Waals surface area contributed by atoms with Crippen LogP contribution < -0.4 is 10.6 Å². The van der Waals surface area contributed by atoms with Gasteiger partial charge in [0.15, 0.2) is 0 Å². The number of thioether (sulfide) groups is 1. The van der Waals surface area contributed by atoms with Gasteiger partial charge in [-0.1, -0.05) is 19.1 Å². The molecule has 0 radical (unpaired) electrons. The molecule has 2 N–H and O–H groups in total. The number of benzene rings is 1. The normalized spacial score (nSPS) is 13.6. The number of hydrogen-bond donors (Lipinski definition) is 2. The zero-order chi connectivity index (χ0) is 30.4. The van der Waals surface area contributed by atoms with Crippen molar-refractivity contribution in [1.82, 2.24) is 4.90 Å². The highest BCUT2D eigenvalue weighted by atomic mass is 32.2. The van der Waals surface area contributed by atoms with E-state index in [4.69, 9.17) is 9.47 Å². The molecule has 0 saturated carbocycles. The third kappa shape index (κ3) is 7.93. The van der Waals surface area contributed by atoms with Gasteiger partial charge < -0.3 is 25.0 Å². The number of esters is 1. The second-order valence-corrected chi connectivity index (χ2v) is 13.9. The van der Waals surface area contributed by atoms with Crippen molar-refractivity contribution in [3.05, 3.63) is 62.7 Å². The van der Waals surface area contributed by atoms with E-state index in [-0.39, 0.29) is 25.0 Å². The van der Waals surface area contributed by atoms with Gasteiger partial charge >= 0.3 is 12.1 Å². The predicted octanol–water partition coefficient (Wildman–Crippen LogP) is 7.04. The summed E-state index contributed by atoms with van der Waals surface area (Å²) in [5.74, 6) is -0.926. The SMILES string of the molecule is CCOC(=O)c1c(NC(=O)C(CC)Sc2cccc(NC(=O)c3cccs3)c2)sc2c1CCN(C(=O)OC(C)(C)C)C2.